The lowest BCUT2D eigenvalue weighted by Gasteiger charge is -2.40. The van der Waals surface area contributed by atoms with Gasteiger partial charge in [0.05, 0.1) is 6.61 Å². The number of nitrogens with one attached hydrogen (secondary N) is 1. The summed E-state index contributed by atoms with van der Waals surface area (Å²) in [7, 11) is 0. The number of likely N-dealkylation sites (tertiary alicyclic amines) is 1. The number of carbonyl (C=O) groups is 2. The van der Waals surface area contributed by atoms with E-state index < -0.39 is 6.04 Å². The van der Waals surface area contributed by atoms with Crippen LogP contribution in [0.1, 0.15) is 31.2 Å². The number of hydrogen-bond acceptors (Lipinski definition) is 4. The first-order valence-corrected chi connectivity index (χ1v) is 10.1. The summed E-state index contributed by atoms with van der Waals surface area (Å²) in [6, 6.07) is 9.84. The zero-order chi connectivity index (χ0) is 18.6. The van der Waals surface area contributed by atoms with Crippen LogP contribution in [0.5, 0.6) is 0 Å². The highest BCUT2D eigenvalue weighted by Gasteiger charge is 2.37. The normalized spacial score (nSPS) is 23.4. The molecule has 7 heteroatoms. The Morgan fingerprint density at radius 1 is 1.11 bits per heavy atom. The Hall–Kier alpha value is -1.63. The monoisotopic (exact) mass is 407 g/mol. The second-order valence-corrected chi connectivity index (χ2v) is 7.99. The summed E-state index contributed by atoms with van der Waals surface area (Å²) in [5.41, 5.74) is 1.04. The van der Waals surface area contributed by atoms with E-state index in [2.05, 4.69) is 5.32 Å². The fourth-order valence-corrected chi connectivity index (χ4v) is 3.96. The molecule has 1 saturated carbocycles. The molecular weight excluding hydrogens is 378 g/mol. The molecule has 0 aromatic heterocycles. The van der Waals surface area contributed by atoms with Crippen LogP contribution in [0.25, 0.3) is 0 Å². The fourth-order valence-electron chi connectivity index (χ4n) is 3.96. The van der Waals surface area contributed by atoms with E-state index in [0.717, 1.165) is 44.0 Å². The van der Waals surface area contributed by atoms with Crippen LogP contribution in [0, 0.1) is 5.92 Å². The molecule has 3 fully saturated rings. The van der Waals surface area contributed by atoms with Gasteiger partial charge >= 0.3 is 0 Å². The van der Waals surface area contributed by atoms with E-state index in [1.165, 1.54) is 12.8 Å². The van der Waals surface area contributed by atoms with Crippen molar-refractivity contribution in [2.45, 2.75) is 44.3 Å². The maximum atomic E-state index is 13.1. The van der Waals surface area contributed by atoms with Crippen LogP contribution in [0.3, 0.4) is 0 Å². The number of morpholine rings is 1. The molecule has 0 radical (unpaired) electrons. The van der Waals surface area contributed by atoms with Crippen molar-refractivity contribution in [1.82, 2.24) is 15.1 Å². The van der Waals surface area contributed by atoms with Crippen molar-refractivity contribution in [2.75, 3.05) is 32.8 Å². The number of hydrogen-bond donors (Lipinski definition) is 1. The summed E-state index contributed by atoms with van der Waals surface area (Å²) in [6.45, 7) is 3.43. The number of piperidine rings is 1. The van der Waals surface area contributed by atoms with Gasteiger partial charge in [0.1, 0.15) is 12.6 Å². The van der Waals surface area contributed by atoms with E-state index in [4.69, 9.17) is 4.74 Å². The predicted octanol–water partition coefficient (Wildman–Crippen LogP) is 1.83. The predicted molar refractivity (Wildman–Crippen MR) is 109 cm³/mol. The summed E-state index contributed by atoms with van der Waals surface area (Å²) < 4.78 is 5.42. The number of rotatable bonds is 6. The summed E-state index contributed by atoms with van der Waals surface area (Å²) in [6.07, 6.45) is 4.69. The van der Waals surface area contributed by atoms with Gasteiger partial charge < -0.3 is 19.9 Å². The number of halogens is 1. The van der Waals surface area contributed by atoms with Gasteiger partial charge in [-0.15, -0.1) is 12.4 Å². The van der Waals surface area contributed by atoms with Crippen molar-refractivity contribution in [3.63, 3.8) is 0 Å². The zero-order valence-electron chi connectivity index (χ0n) is 16.2. The first-order valence-electron chi connectivity index (χ1n) is 10.1. The second kappa shape index (κ2) is 9.72. The van der Waals surface area contributed by atoms with Gasteiger partial charge in [-0.3, -0.25) is 9.59 Å². The topological polar surface area (TPSA) is 61.9 Å². The lowest BCUT2D eigenvalue weighted by atomic mass is 10.0. The summed E-state index contributed by atoms with van der Waals surface area (Å²) in [5.74, 6) is 0.797. The standard InChI is InChI=1S/C21H29N3O3.ClH/c25-20-15-27-14-19(24(20)13-17-4-2-1-3-5-17)21(26)23-10-8-18(9-11-23)22-12-16-6-7-16;/h1-5,16,18-19,22H,6-15H2;1H/t19-;/m1./s1. The highest BCUT2D eigenvalue weighted by Crippen LogP contribution is 2.28. The number of benzene rings is 1. The Labute approximate surface area is 173 Å². The van der Waals surface area contributed by atoms with Gasteiger partial charge in [-0.1, -0.05) is 30.3 Å². The fraction of sp³-hybridized carbons (Fsp3) is 0.619. The van der Waals surface area contributed by atoms with Crippen LogP contribution >= 0.6 is 12.4 Å². The molecule has 1 atom stereocenters. The van der Waals surface area contributed by atoms with E-state index >= 15 is 0 Å². The van der Waals surface area contributed by atoms with Gasteiger partial charge in [-0.2, -0.15) is 0 Å². The molecule has 0 unspecified atom stereocenters. The molecule has 3 aliphatic rings. The molecule has 2 aliphatic heterocycles. The minimum absolute atomic E-state index is 0. The van der Waals surface area contributed by atoms with E-state index in [9.17, 15) is 9.59 Å². The van der Waals surface area contributed by atoms with Gasteiger partial charge in [0, 0.05) is 25.7 Å². The van der Waals surface area contributed by atoms with E-state index in [1.54, 1.807) is 4.90 Å². The Balaban J connectivity index is 0.00000225. The molecule has 1 aromatic carbocycles. The third kappa shape index (κ3) is 5.25. The van der Waals surface area contributed by atoms with Crippen molar-refractivity contribution in [2.24, 2.45) is 5.92 Å². The van der Waals surface area contributed by atoms with Gasteiger partial charge in [0.25, 0.3) is 0 Å². The molecular formula is C21H30ClN3O3. The molecule has 1 N–H and O–H groups in total. The van der Waals surface area contributed by atoms with Gasteiger partial charge in [-0.05, 0) is 43.7 Å². The molecule has 28 heavy (non-hydrogen) atoms. The molecule has 1 aliphatic carbocycles. The molecule has 6 nitrogen and oxygen atoms in total. The Kier molecular flexibility index (Phi) is 7.32. The summed E-state index contributed by atoms with van der Waals surface area (Å²) >= 11 is 0. The van der Waals surface area contributed by atoms with E-state index in [1.807, 2.05) is 35.2 Å². The van der Waals surface area contributed by atoms with Gasteiger partial charge in [-0.25, -0.2) is 0 Å². The molecule has 2 amide bonds. The zero-order valence-corrected chi connectivity index (χ0v) is 17.0. The number of nitrogens with zero attached hydrogens (tertiary/aromatic N) is 2. The third-order valence-corrected chi connectivity index (χ3v) is 5.88. The smallest absolute Gasteiger partial charge is 0.249 e. The molecule has 2 saturated heterocycles. The van der Waals surface area contributed by atoms with Crippen molar-refractivity contribution in [3.8, 4) is 0 Å². The SMILES string of the molecule is Cl.O=C([C@H]1COCC(=O)N1Cc1ccccc1)N1CCC(NCC2CC2)CC1. The minimum atomic E-state index is -0.512. The van der Waals surface area contributed by atoms with Crippen LogP contribution in [-0.4, -0.2) is 66.5 Å². The van der Waals surface area contributed by atoms with Crippen LogP contribution in [0.4, 0.5) is 0 Å². The van der Waals surface area contributed by atoms with E-state index in [0.29, 0.717) is 12.6 Å². The van der Waals surface area contributed by atoms with Gasteiger partial charge in [0.15, 0.2) is 0 Å². The maximum absolute atomic E-state index is 13.1. The molecule has 4 rings (SSSR count). The van der Waals surface area contributed by atoms with Gasteiger partial charge in [0.2, 0.25) is 11.8 Å². The summed E-state index contributed by atoms with van der Waals surface area (Å²) in [5, 5.41) is 3.64. The number of amides is 2. The Morgan fingerprint density at radius 2 is 1.82 bits per heavy atom. The van der Waals surface area contributed by atoms with Crippen molar-refractivity contribution < 1.29 is 14.3 Å². The maximum Gasteiger partial charge on any atom is 0.249 e. The molecule has 0 spiro atoms. The first-order chi connectivity index (χ1) is 13.2. The Morgan fingerprint density at radius 3 is 2.50 bits per heavy atom. The Bertz CT molecular complexity index is 660. The first kappa shape index (κ1) is 21.1. The van der Waals surface area contributed by atoms with Crippen molar-refractivity contribution in [1.29, 1.82) is 0 Å². The largest absolute Gasteiger partial charge is 0.369 e. The van der Waals surface area contributed by atoms with Crippen LogP contribution in [0.15, 0.2) is 30.3 Å². The average molecular weight is 408 g/mol. The van der Waals surface area contributed by atoms with Crippen molar-refractivity contribution in [3.05, 3.63) is 35.9 Å². The van der Waals surface area contributed by atoms with Crippen molar-refractivity contribution >= 4 is 24.2 Å². The molecule has 2 heterocycles. The second-order valence-electron chi connectivity index (χ2n) is 7.99. The highest BCUT2D eigenvalue weighted by molar-refractivity contribution is 5.89. The third-order valence-electron chi connectivity index (χ3n) is 5.88. The quantitative estimate of drug-likeness (QED) is 0.781. The highest BCUT2D eigenvalue weighted by atomic mass is 35.5. The van der Waals surface area contributed by atoms with Crippen LogP contribution in [-0.2, 0) is 20.9 Å². The number of carbonyl (C=O) groups excluding carboxylic acids is 2. The van der Waals surface area contributed by atoms with E-state index in [-0.39, 0.29) is 37.4 Å². The molecule has 0 bridgehead atoms. The van der Waals surface area contributed by atoms with Crippen LogP contribution in [0.2, 0.25) is 0 Å². The minimum Gasteiger partial charge on any atom is -0.369 e. The summed E-state index contributed by atoms with van der Waals surface area (Å²) in [4.78, 5) is 29.1. The lowest BCUT2D eigenvalue weighted by Crippen LogP contribution is -2.58. The molecule has 154 valence electrons. The van der Waals surface area contributed by atoms with Crippen LogP contribution < -0.4 is 5.32 Å². The number of ether oxygens (including phenoxy) is 1. The average Bonchev–Trinajstić information content (AvgIpc) is 3.53. The molecule has 1 aromatic rings. The lowest BCUT2D eigenvalue weighted by molar-refractivity contribution is -0.160.